The molecular weight excluding hydrogens is 144 g/mol. The zero-order chi connectivity index (χ0) is 8.10. The molecule has 1 amide bonds. The van der Waals surface area contributed by atoms with Gasteiger partial charge in [0.25, 0.3) is 5.91 Å². The van der Waals surface area contributed by atoms with Crippen molar-refractivity contribution in [1.82, 2.24) is 10.3 Å². The Morgan fingerprint density at radius 3 is 3.09 bits per heavy atom. The molecule has 3 N–H and O–H groups in total. The van der Waals surface area contributed by atoms with Crippen LogP contribution in [0.5, 0.6) is 0 Å². The normalized spacial score (nSPS) is 9.55. The first-order chi connectivity index (χ1) is 5.34. The summed E-state index contributed by atoms with van der Waals surface area (Å²) in [7, 11) is 0. The molecular formula is C7H10N2O2. The van der Waals surface area contributed by atoms with Crippen molar-refractivity contribution in [2.24, 2.45) is 0 Å². The van der Waals surface area contributed by atoms with Crippen molar-refractivity contribution in [2.75, 3.05) is 13.2 Å². The molecule has 0 radical (unpaired) electrons. The molecule has 0 saturated carbocycles. The number of aliphatic hydroxyl groups is 1. The SMILES string of the molecule is O=C(NCCO)c1ccc[nH]1. The molecule has 0 spiro atoms. The molecule has 0 atom stereocenters. The van der Waals surface area contributed by atoms with Gasteiger partial charge < -0.3 is 15.4 Å². The van der Waals surface area contributed by atoms with E-state index in [2.05, 4.69) is 10.3 Å². The summed E-state index contributed by atoms with van der Waals surface area (Å²) in [6.45, 7) is 0.254. The van der Waals surface area contributed by atoms with Crippen molar-refractivity contribution in [3.8, 4) is 0 Å². The molecule has 1 rings (SSSR count). The quantitative estimate of drug-likeness (QED) is 0.561. The maximum atomic E-state index is 11.0. The molecule has 0 aliphatic rings. The molecule has 4 nitrogen and oxygen atoms in total. The molecule has 1 aromatic heterocycles. The Kier molecular flexibility index (Phi) is 2.68. The van der Waals surface area contributed by atoms with E-state index in [-0.39, 0.29) is 19.1 Å². The number of hydrogen-bond donors (Lipinski definition) is 3. The van der Waals surface area contributed by atoms with Gasteiger partial charge in [-0.1, -0.05) is 0 Å². The van der Waals surface area contributed by atoms with E-state index in [0.29, 0.717) is 5.69 Å². The number of rotatable bonds is 3. The van der Waals surface area contributed by atoms with Gasteiger partial charge in [-0.05, 0) is 12.1 Å². The standard InChI is InChI=1S/C7H10N2O2/c10-5-4-9-7(11)6-2-1-3-8-6/h1-3,8,10H,4-5H2,(H,9,11). The lowest BCUT2D eigenvalue weighted by Crippen LogP contribution is -2.26. The minimum atomic E-state index is -0.191. The molecule has 0 aromatic carbocycles. The summed E-state index contributed by atoms with van der Waals surface area (Å²) in [4.78, 5) is 13.8. The molecule has 0 aliphatic carbocycles. The van der Waals surface area contributed by atoms with Crippen LogP contribution in [0, 0.1) is 0 Å². The lowest BCUT2D eigenvalue weighted by molar-refractivity contribution is 0.0940. The number of aromatic nitrogens is 1. The van der Waals surface area contributed by atoms with Gasteiger partial charge in [0.1, 0.15) is 5.69 Å². The highest BCUT2D eigenvalue weighted by Gasteiger charge is 2.02. The highest BCUT2D eigenvalue weighted by Crippen LogP contribution is 1.92. The fourth-order valence-corrected chi connectivity index (χ4v) is 0.736. The van der Waals surface area contributed by atoms with E-state index in [1.807, 2.05) is 0 Å². The first kappa shape index (κ1) is 7.81. The van der Waals surface area contributed by atoms with Crippen LogP contribution in [0.1, 0.15) is 10.5 Å². The van der Waals surface area contributed by atoms with Gasteiger partial charge in [-0.2, -0.15) is 0 Å². The summed E-state index contributed by atoms with van der Waals surface area (Å²) < 4.78 is 0. The van der Waals surface area contributed by atoms with E-state index >= 15 is 0 Å². The smallest absolute Gasteiger partial charge is 0.267 e. The minimum absolute atomic E-state index is 0.0353. The third-order valence-corrected chi connectivity index (χ3v) is 1.24. The Hall–Kier alpha value is -1.29. The van der Waals surface area contributed by atoms with E-state index in [1.54, 1.807) is 18.3 Å². The van der Waals surface area contributed by atoms with E-state index < -0.39 is 0 Å². The van der Waals surface area contributed by atoms with Crippen LogP contribution in [0.15, 0.2) is 18.3 Å². The third-order valence-electron chi connectivity index (χ3n) is 1.24. The summed E-state index contributed by atoms with van der Waals surface area (Å²) in [5.41, 5.74) is 0.512. The van der Waals surface area contributed by atoms with E-state index in [9.17, 15) is 4.79 Å². The van der Waals surface area contributed by atoms with Crippen LogP contribution < -0.4 is 5.32 Å². The topological polar surface area (TPSA) is 65.1 Å². The van der Waals surface area contributed by atoms with Crippen molar-refractivity contribution >= 4 is 5.91 Å². The van der Waals surface area contributed by atoms with Gasteiger partial charge in [0.15, 0.2) is 0 Å². The van der Waals surface area contributed by atoms with Gasteiger partial charge >= 0.3 is 0 Å². The van der Waals surface area contributed by atoms with Crippen LogP contribution in [-0.4, -0.2) is 29.1 Å². The molecule has 0 aliphatic heterocycles. The Labute approximate surface area is 64.2 Å². The summed E-state index contributed by atoms with van der Waals surface area (Å²) in [6, 6.07) is 3.42. The van der Waals surface area contributed by atoms with Crippen LogP contribution in [0.25, 0.3) is 0 Å². The van der Waals surface area contributed by atoms with Crippen molar-refractivity contribution in [2.45, 2.75) is 0 Å². The van der Waals surface area contributed by atoms with Crippen LogP contribution in [-0.2, 0) is 0 Å². The maximum Gasteiger partial charge on any atom is 0.267 e. The van der Waals surface area contributed by atoms with Crippen molar-refractivity contribution in [3.05, 3.63) is 24.0 Å². The molecule has 11 heavy (non-hydrogen) atoms. The Balaban J connectivity index is 2.43. The van der Waals surface area contributed by atoms with Crippen molar-refractivity contribution in [1.29, 1.82) is 0 Å². The molecule has 0 saturated heterocycles. The molecule has 60 valence electrons. The highest BCUT2D eigenvalue weighted by atomic mass is 16.3. The summed E-state index contributed by atoms with van der Waals surface area (Å²) >= 11 is 0. The predicted molar refractivity (Wildman–Crippen MR) is 40.2 cm³/mol. The summed E-state index contributed by atoms with van der Waals surface area (Å²) in [5.74, 6) is -0.191. The van der Waals surface area contributed by atoms with Crippen LogP contribution >= 0.6 is 0 Å². The van der Waals surface area contributed by atoms with Gasteiger partial charge in [-0.3, -0.25) is 4.79 Å². The number of aromatic amines is 1. The monoisotopic (exact) mass is 154 g/mol. The summed E-state index contributed by atoms with van der Waals surface area (Å²) in [6.07, 6.45) is 1.67. The molecule has 0 fully saturated rings. The second-order valence-corrected chi connectivity index (χ2v) is 2.06. The Bertz CT molecular complexity index is 218. The second kappa shape index (κ2) is 3.78. The van der Waals surface area contributed by atoms with Crippen LogP contribution in [0.3, 0.4) is 0 Å². The maximum absolute atomic E-state index is 11.0. The zero-order valence-corrected chi connectivity index (χ0v) is 6.00. The largest absolute Gasteiger partial charge is 0.395 e. The predicted octanol–water partition coefficient (Wildman–Crippen LogP) is -0.263. The van der Waals surface area contributed by atoms with E-state index in [0.717, 1.165) is 0 Å². The van der Waals surface area contributed by atoms with Gasteiger partial charge in [0.2, 0.25) is 0 Å². The molecule has 1 heterocycles. The molecule has 4 heteroatoms. The number of aliphatic hydroxyl groups excluding tert-OH is 1. The first-order valence-electron chi connectivity index (χ1n) is 3.37. The Morgan fingerprint density at radius 1 is 1.73 bits per heavy atom. The first-order valence-corrected chi connectivity index (χ1v) is 3.37. The zero-order valence-electron chi connectivity index (χ0n) is 6.00. The molecule has 0 bridgehead atoms. The average molecular weight is 154 g/mol. The van der Waals surface area contributed by atoms with Crippen LogP contribution in [0.2, 0.25) is 0 Å². The van der Waals surface area contributed by atoms with E-state index in [1.165, 1.54) is 0 Å². The molecule has 1 aromatic rings. The summed E-state index contributed by atoms with van der Waals surface area (Å²) in [5, 5.41) is 10.9. The third kappa shape index (κ3) is 2.09. The lowest BCUT2D eigenvalue weighted by atomic mass is 10.4. The fourth-order valence-electron chi connectivity index (χ4n) is 0.736. The van der Waals surface area contributed by atoms with Crippen molar-refractivity contribution in [3.63, 3.8) is 0 Å². The minimum Gasteiger partial charge on any atom is -0.395 e. The number of carbonyl (C=O) groups excluding carboxylic acids is 1. The number of H-pyrrole nitrogens is 1. The molecule has 0 unspecified atom stereocenters. The number of hydrogen-bond acceptors (Lipinski definition) is 2. The number of amides is 1. The Morgan fingerprint density at radius 2 is 2.55 bits per heavy atom. The van der Waals surface area contributed by atoms with Gasteiger partial charge in [0.05, 0.1) is 6.61 Å². The average Bonchev–Trinajstić information content (AvgIpc) is 2.52. The fraction of sp³-hybridized carbons (Fsp3) is 0.286. The van der Waals surface area contributed by atoms with Crippen LogP contribution in [0.4, 0.5) is 0 Å². The highest BCUT2D eigenvalue weighted by molar-refractivity contribution is 5.92. The van der Waals surface area contributed by atoms with Gasteiger partial charge in [-0.25, -0.2) is 0 Å². The number of carbonyl (C=O) groups is 1. The van der Waals surface area contributed by atoms with Gasteiger partial charge in [-0.15, -0.1) is 0 Å². The number of nitrogens with one attached hydrogen (secondary N) is 2. The lowest BCUT2D eigenvalue weighted by Gasteiger charge is -1.98. The van der Waals surface area contributed by atoms with E-state index in [4.69, 9.17) is 5.11 Å². The van der Waals surface area contributed by atoms with Crippen molar-refractivity contribution < 1.29 is 9.90 Å². The van der Waals surface area contributed by atoms with Gasteiger partial charge in [0, 0.05) is 12.7 Å². The second-order valence-electron chi connectivity index (χ2n) is 2.06.